The van der Waals surface area contributed by atoms with Crippen LogP contribution in [0, 0.1) is 11.3 Å². The normalized spacial score (nSPS) is 15.3. The van der Waals surface area contributed by atoms with Crippen LogP contribution in [0.25, 0.3) is 0 Å². The molecule has 1 aliphatic rings. The molecule has 0 N–H and O–H groups in total. The van der Waals surface area contributed by atoms with Crippen molar-refractivity contribution in [3.8, 4) is 11.8 Å². The molecule has 1 aromatic heterocycles. The highest BCUT2D eigenvalue weighted by Crippen LogP contribution is 2.23. The van der Waals surface area contributed by atoms with Crippen molar-refractivity contribution in [1.29, 1.82) is 5.26 Å². The molecule has 2 heterocycles. The van der Waals surface area contributed by atoms with Gasteiger partial charge < -0.3 is 9.64 Å². The van der Waals surface area contributed by atoms with Crippen LogP contribution in [0.3, 0.4) is 0 Å². The van der Waals surface area contributed by atoms with E-state index in [2.05, 4.69) is 14.6 Å². The van der Waals surface area contributed by atoms with Crippen LogP contribution in [0.2, 0.25) is 0 Å². The quantitative estimate of drug-likeness (QED) is 0.788. The standard InChI is InChI=1S/C13H13F2N3O/c14-13(15)19-11-1-2-12(17-9-11)18-7-4-10(3-6-16)5-8-18/h1-3,9,13H,4-5,7-8H2. The molecule has 0 bridgehead atoms. The molecule has 0 aromatic carbocycles. The third kappa shape index (κ3) is 3.65. The number of pyridine rings is 1. The van der Waals surface area contributed by atoms with Crippen molar-refractivity contribution in [2.75, 3.05) is 18.0 Å². The molecule has 1 aliphatic heterocycles. The van der Waals surface area contributed by atoms with Gasteiger partial charge >= 0.3 is 6.61 Å². The van der Waals surface area contributed by atoms with E-state index in [0.29, 0.717) is 0 Å². The Morgan fingerprint density at radius 2 is 2.11 bits per heavy atom. The van der Waals surface area contributed by atoms with Gasteiger partial charge in [0, 0.05) is 19.2 Å². The second-order valence-corrected chi connectivity index (χ2v) is 4.15. The summed E-state index contributed by atoms with van der Waals surface area (Å²) >= 11 is 0. The maximum Gasteiger partial charge on any atom is 0.387 e. The molecule has 1 saturated heterocycles. The number of hydrogen-bond acceptors (Lipinski definition) is 4. The molecule has 0 radical (unpaired) electrons. The molecule has 19 heavy (non-hydrogen) atoms. The highest BCUT2D eigenvalue weighted by molar-refractivity contribution is 5.42. The van der Waals surface area contributed by atoms with Gasteiger partial charge in [-0.05, 0) is 25.0 Å². The zero-order valence-corrected chi connectivity index (χ0v) is 10.2. The molecule has 0 amide bonds. The monoisotopic (exact) mass is 265 g/mol. The van der Waals surface area contributed by atoms with Crippen molar-refractivity contribution in [3.05, 3.63) is 30.0 Å². The van der Waals surface area contributed by atoms with Crippen molar-refractivity contribution in [1.82, 2.24) is 4.98 Å². The van der Waals surface area contributed by atoms with Crippen molar-refractivity contribution in [2.24, 2.45) is 0 Å². The molecule has 2 rings (SSSR count). The lowest BCUT2D eigenvalue weighted by Crippen LogP contribution is -2.31. The lowest BCUT2D eigenvalue weighted by molar-refractivity contribution is -0.0500. The minimum absolute atomic E-state index is 0.0563. The summed E-state index contributed by atoms with van der Waals surface area (Å²) in [6.45, 7) is -1.29. The molecule has 0 atom stereocenters. The minimum atomic E-state index is -2.83. The molecule has 6 heteroatoms. The predicted molar refractivity (Wildman–Crippen MR) is 66.0 cm³/mol. The number of nitrogens with zero attached hydrogens (tertiary/aromatic N) is 3. The minimum Gasteiger partial charge on any atom is -0.433 e. The predicted octanol–water partition coefficient (Wildman–Crippen LogP) is 2.73. The number of rotatable bonds is 3. The number of nitriles is 1. The summed E-state index contributed by atoms with van der Waals surface area (Å²) in [6.07, 6.45) is 4.53. The average Bonchev–Trinajstić information content (AvgIpc) is 2.40. The van der Waals surface area contributed by atoms with Crippen molar-refractivity contribution < 1.29 is 13.5 Å². The summed E-state index contributed by atoms with van der Waals surface area (Å²) in [6, 6.07) is 5.18. The van der Waals surface area contributed by atoms with Gasteiger partial charge in [0.2, 0.25) is 0 Å². The van der Waals surface area contributed by atoms with E-state index >= 15 is 0 Å². The number of ether oxygens (including phenoxy) is 1. The second-order valence-electron chi connectivity index (χ2n) is 4.15. The van der Waals surface area contributed by atoms with Gasteiger partial charge in [-0.25, -0.2) is 4.98 Å². The first-order valence-corrected chi connectivity index (χ1v) is 5.92. The number of aromatic nitrogens is 1. The van der Waals surface area contributed by atoms with E-state index in [1.54, 1.807) is 12.1 Å². The van der Waals surface area contributed by atoms with Gasteiger partial charge in [0.25, 0.3) is 0 Å². The highest BCUT2D eigenvalue weighted by Gasteiger charge is 2.15. The molecular formula is C13H13F2N3O. The van der Waals surface area contributed by atoms with E-state index in [0.717, 1.165) is 37.3 Å². The molecule has 0 unspecified atom stereocenters. The van der Waals surface area contributed by atoms with Gasteiger partial charge in [-0.2, -0.15) is 14.0 Å². The number of allylic oxidation sites excluding steroid dienone is 1. The fraction of sp³-hybridized carbons (Fsp3) is 0.385. The maximum atomic E-state index is 12.0. The topological polar surface area (TPSA) is 49.2 Å². The van der Waals surface area contributed by atoms with Crippen LogP contribution in [-0.4, -0.2) is 24.7 Å². The van der Waals surface area contributed by atoms with Crippen LogP contribution >= 0.6 is 0 Å². The smallest absolute Gasteiger partial charge is 0.387 e. The van der Waals surface area contributed by atoms with Crippen molar-refractivity contribution >= 4 is 5.82 Å². The van der Waals surface area contributed by atoms with E-state index in [4.69, 9.17) is 5.26 Å². The lowest BCUT2D eigenvalue weighted by Gasteiger charge is -2.29. The third-order valence-electron chi connectivity index (χ3n) is 2.94. The maximum absolute atomic E-state index is 12.0. The first-order chi connectivity index (χ1) is 9.19. The van der Waals surface area contributed by atoms with Crippen LogP contribution in [0.5, 0.6) is 5.75 Å². The first kappa shape index (κ1) is 13.3. The van der Waals surface area contributed by atoms with E-state index < -0.39 is 6.61 Å². The largest absolute Gasteiger partial charge is 0.433 e. The average molecular weight is 265 g/mol. The summed E-state index contributed by atoms with van der Waals surface area (Å²) in [4.78, 5) is 6.17. The number of piperidine rings is 1. The van der Waals surface area contributed by atoms with Crippen LogP contribution in [0.1, 0.15) is 12.8 Å². The van der Waals surface area contributed by atoms with E-state index in [1.807, 2.05) is 6.07 Å². The van der Waals surface area contributed by atoms with Crippen molar-refractivity contribution in [3.63, 3.8) is 0 Å². The molecule has 0 spiro atoms. The fourth-order valence-corrected chi connectivity index (χ4v) is 1.99. The molecule has 1 fully saturated rings. The third-order valence-corrected chi connectivity index (χ3v) is 2.94. The summed E-state index contributed by atoms with van der Waals surface area (Å²) in [5.74, 6) is 0.790. The summed E-state index contributed by atoms with van der Waals surface area (Å²) < 4.78 is 28.2. The van der Waals surface area contributed by atoms with Gasteiger partial charge in [-0.3, -0.25) is 0 Å². The lowest BCUT2D eigenvalue weighted by atomic mass is 10.0. The molecule has 1 aromatic rings. The summed E-state index contributed by atoms with van der Waals surface area (Å²) in [5.41, 5.74) is 1.14. The van der Waals surface area contributed by atoms with Crippen molar-refractivity contribution in [2.45, 2.75) is 19.5 Å². The van der Waals surface area contributed by atoms with Gasteiger partial charge in [0.1, 0.15) is 11.6 Å². The Morgan fingerprint density at radius 3 is 2.63 bits per heavy atom. The molecule has 100 valence electrons. The van der Waals surface area contributed by atoms with E-state index in [1.165, 1.54) is 12.3 Å². The first-order valence-electron chi connectivity index (χ1n) is 5.92. The Bertz CT molecular complexity index is 484. The molecule has 0 saturated carbocycles. The number of hydrogen-bond donors (Lipinski definition) is 0. The zero-order valence-electron chi connectivity index (χ0n) is 10.2. The Kier molecular flexibility index (Phi) is 4.29. The molecule has 4 nitrogen and oxygen atoms in total. The van der Waals surface area contributed by atoms with Crippen LogP contribution in [-0.2, 0) is 0 Å². The Hall–Kier alpha value is -2.16. The summed E-state index contributed by atoms with van der Waals surface area (Å²) in [7, 11) is 0. The van der Waals surface area contributed by atoms with Gasteiger partial charge in [-0.15, -0.1) is 0 Å². The highest BCUT2D eigenvalue weighted by atomic mass is 19.3. The number of anilines is 1. The van der Waals surface area contributed by atoms with Crippen LogP contribution in [0.15, 0.2) is 30.0 Å². The van der Waals surface area contributed by atoms with Gasteiger partial charge in [0.05, 0.1) is 12.3 Å². The van der Waals surface area contributed by atoms with Crippen LogP contribution < -0.4 is 9.64 Å². The molecule has 0 aliphatic carbocycles. The van der Waals surface area contributed by atoms with Crippen LogP contribution in [0.4, 0.5) is 14.6 Å². The fourth-order valence-electron chi connectivity index (χ4n) is 1.99. The zero-order chi connectivity index (χ0) is 13.7. The van der Waals surface area contributed by atoms with Gasteiger partial charge in [-0.1, -0.05) is 5.57 Å². The summed E-state index contributed by atoms with van der Waals surface area (Å²) in [5, 5.41) is 8.58. The second kappa shape index (κ2) is 6.14. The Balaban J connectivity index is 1.97. The van der Waals surface area contributed by atoms with E-state index in [9.17, 15) is 8.78 Å². The Labute approximate surface area is 109 Å². The number of alkyl halides is 2. The SMILES string of the molecule is N#CC=C1CCN(c2ccc(OC(F)F)cn2)CC1. The Morgan fingerprint density at radius 1 is 1.37 bits per heavy atom. The number of halogens is 2. The van der Waals surface area contributed by atoms with Gasteiger partial charge in [0.15, 0.2) is 0 Å². The van der Waals surface area contributed by atoms with E-state index in [-0.39, 0.29) is 5.75 Å². The molecular weight excluding hydrogens is 252 g/mol.